The molecule has 4 spiro atoms. The summed E-state index contributed by atoms with van der Waals surface area (Å²) in [6.45, 7) is 27.7. The van der Waals surface area contributed by atoms with Crippen molar-refractivity contribution in [2.45, 2.75) is 285 Å². The maximum atomic E-state index is 12.9. The lowest BCUT2D eigenvalue weighted by Gasteiger charge is -2.64. The summed E-state index contributed by atoms with van der Waals surface area (Å²) >= 11 is 0. The summed E-state index contributed by atoms with van der Waals surface area (Å²) in [5.41, 5.74) is -0.221. The van der Waals surface area contributed by atoms with Crippen LogP contribution < -0.4 is 0 Å². The predicted octanol–water partition coefficient (Wildman–Crippen LogP) is 9.42. The number of ether oxygens (including phenoxy) is 6. The van der Waals surface area contributed by atoms with Gasteiger partial charge in [-0.2, -0.15) is 8.61 Å². The van der Waals surface area contributed by atoms with Gasteiger partial charge in [-0.3, -0.25) is 19.2 Å². The summed E-state index contributed by atoms with van der Waals surface area (Å²) in [7, 11) is -7.53. The number of carbonyl (C=O) groups is 4. The second-order valence-electron chi connectivity index (χ2n) is 39.4. The number of sulfonamides is 2. The number of nitrogens with zero attached hydrogens (tertiary/aromatic N) is 4. The van der Waals surface area contributed by atoms with Gasteiger partial charge in [0.05, 0.1) is 87.6 Å². The van der Waals surface area contributed by atoms with Crippen molar-refractivity contribution < 1.29 is 84.9 Å². The number of carbonyl (C=O) groups excluding carboxylic acids is 2. The normalized spacial score (nSPS) is 48.5. The molecule has 4 saturated heterocycles. The number of aliphatic hydroxyl groups excluding tert-OH is 2. The van der Waals surface area contributed by atoms with E-state index in [-0.39, 0.29) is 128 Å². The Morgan fingerprint density at radius 3 is 1.32 bits per heavy atom. The molecule has 2 amide bonds. The Morgan fingerprint density at radius 1 is 0.544 bits per heavy atom. The van der Waals surface area contributed by atoms with Crippen molar-refractivity contribution in [3.63, 3.8) is 0 Å². The van der Waals surface area contributed by atoms with Crippen LogP contribution in [0.4, 0.5) is 0 Å². The molecule has 0 radical (unpaired) electrons. The number of carboxylic acid groups (broad SMARTS) is 2. The van der Waals surface area contributed by atoms with E-state index in [1.54, 1.807) is 0 Å². The van der Waals surface area contributed by atoms with Crippen molar-refractivity contribution in [2.24, 2.45) is 113 Å². The van der Waals surface area contributed by atoms with Gasteiger partial charge in [-0.1, -0.05) is 69.2 Å². The number of rotatable bonds is 18. The number of aliphatic hydroxyl groups is 2. The SMILES string of the molecule is C[C@@H]1C[C@H](CN(CC(=O)O)S(C)(=O)=O)O[C@H]2[C@H]1[C@@]1(C)CC[C@@]34C[C@@]35CC[C@H](O[C@H]3CN(C(=O)CC6CC6)CCO3)C(C)(C)[C@@H]5CC[C@H]4[C@]1(C)[C@H]2O.C[C@@H]1C[C@H](CN([C@@H](C)C(=O)O)S(C)(=O)=O)O[C@H]2[C@H]1[C@@]1(C)CC[C@@]34C[C@@]35CC[C@H](O[C@H]3CN(C(=O)CC6CC6)CCO3)C(C)(C)[C@@H]5CC[C@H]4[C@]1(C)[C@H]2O. The molecule has 0 unspecified atom stereocenters. The van der Waals surface area contributed by atoms with Crippen LogP contribution in [0.25, 0.3) is 0 Å². The average Bonchev–Trinajstić information content (AvgIpc) is 1.46. The average molecular weight is 1480 g/mol. The van der Waals surface area contributed by atoms with E-state index in [0.717, 1.165) is 98.2 Å². The van der Waals surface area contributed by atoms with Gasteiger partial charge in [0.25, 0.3) is 0 Å². The van der Waals surface area contributed by atoms with Gasteiger partial charge in [0.2, 0.25) is 31.9 Å². The molecule has 16 aliphatic rings. The monoisotopic (exact) mass is 1480 g/mol. The first-order valence-electron chi connectivity index (χ1n) is 40.3. The van der Waals surface area contributed by atoms with Crippen LogP contribution in [0.5, 0.6) is 0 Å². The summed E-state index contributed by atoms with van der Waals surface area (Å²) in [4.78, 5) is 53.1. The molecule has 16 fully saturated rings. The molecule has 0 aromatic carbocycles. The topological polar surface area (TPSA) is 286 Å². The summed E-state index contributed by atoms with van der Waals surface area (Å²) in [6.07, 6.45) is 20.9. The van der Waals surface area contributed by atoms with Gasteiger partial charge < -0.3 is 58.6 Å². The molecule has 0 bridgehead atoms. The minimum atomic E-state index is -3.79. The number of hydrogen-bond donors (Lipinski definition) is 4. The molecule has 4 N–H and O–H groups in total. The standard InChI is InChI=1S/C40H64N2O9S.C39H62N2O9S/c1-23-18-26(20-42(52(7,47)48)24(2)35(45)46)50-33-32(23)37(5)14-15-40-22-39(40)13-12-29(36(3,4)27(39)10-11-28(40)38(37,6)34(33)44)51-31-21-41(16-17-49-31)30(43)19-25-8-9-25;1-23-17-25(19-41(20-30(43)44)51(6,46)47)49-33-32(23)36(4)13-14-39-22-38(39)12-11-28(35(2,3)26(38)9-10-27(39)37(36,5)34(33)45)50-31-21-40(15-16-48-31)29(42)18-24-7-8-24/h23-29,31-34,44H,8-22H2,1-7H3,(H,45,46);23-28,31-34,45H,7-22H2,1-6H3,(H,43,44)/t23-,24+,26-,27+,28+,29+,31+,32+,33+,34+,37-,38-,39-,40+;23-,25-,26+,27+,28+,31+,32+,33+,34+,36-,37-,38-,39+/m11/s1. The van der Waals surface area contributed by atoms with Gasteiger partial charge >= 0.3 is 11.9 Å². The zero-order valence-corrected chi connectivity index (χ0v) is 65.8. The van der Waals surface area contributed by atoms with E-state index in [1.807, 2.05) is 9.80 Å². The molecule has 4 aliphatic heterocycles. The molecule has 12 aliphatic carbocycles. The Hall–Kier alpha value is -2.62. The van der Waals surface area contributed by atoms with Crippen molar-refractivity contribution in [1.29, 1.82) is 0 Å². The molecular formula is C79H126N4O18S2. The van der Waals surface area contributed by atoms with E-state index in [0.29, 0.717) is 101 Å². The largest absolute Gasteiger partial charge is 0.480 e. The fourth-order valence-corrected chi connectivity index (χ4v) is 30.6. The van der Waals surface area contributed by atoms with E-state index >= 15 is 0 Å². The van der Waals surface area contributed by atoms with E-state index in [4.69, 9.17) is 28.4 Å². The first kappa shape index (κ1) is 75.8. The van der Waals surface area contributed by atoms with Crippen LogP contribution in [-0.4, -0.2) is 218 Å². The molecule has 12 saturated carbocycles. The quantitative estimate of drug-likeness (QED) is 0.0993. The fourth-order valence-electron chi connectivity index (χ4n) is 28.7. The minimum Gasteiger partial charge on any atom is -0.480 e. The molecule has 24 heteroatoms. The molecular weight excluding hydrogens is 1360 g/mol. The van der Waals surface area contributed by atoms with Gasteiger partial charge in [0.1, 0.15) is 12.6 Å². The van der Waals surface area contributed by atoms with Crippen LogP contribution in [0.2, 0.25) is 0 Å². The highest BCUT2D eigenvalue weighted by atomic mass is 32.2. The summed E-state index contributed by atoms with van der Waals surface area (Å²) < 4.78 is 91.8. The minimum absolute atomic E-state index is 0.0178. The second-order valence-corrected chi connectivity index (χ2v) is 43.3. The lowest BCUT2D eigenvalue weighted by atomic mass is 9.41. The molecule has 16 rings (SSSR count). The Bertz CT molecular complexity index is 3560. The fraction of sp³-hybridized carbons (Fsp3) is 0.949. The lowest BCUT2D eigenvalue weighted by molar-refractivity contribution is -0.248. The number of amides is 2. The van der Waals surface area contributed by atoms with Crippen molar-refractivity contribution >= 4 is 43.8 Å². The Labute approximate surface area is 613 Å². The van der Waals surface area contributed by atoms with Crippen molar-refractivity contribution in [2.75, 3.05) is 71.5 Å². The maximum Gasteiger partial charge on any atom is 0.321 e. The van der Waals surface area contributed by atoms with Crippen molar-refractivity contribution in [1.82, 2.24) is 18.4 Å². The van der Waals surface area contributed by atoms with Gasteiger partial charge in [-0.15, -0.1) is 0 Å². The Balaban J connectivity index is 0.000000166. The highest BCUT2D eigenvalue weighted by Crippen LogP contribution is 2.91. The number of aliphatic carboxylic acids is 2. The van der Waals surface area contributed by atoms with Gasteiger partial charge in [-0.05, 0) is 238 Å². The first-order valence-corrected chi connectivity index (χ1v) is 44.0. The number of carboxylic acids is 2. The van der Waals surface area contributed by atoms with E-state index in [1.165, 1.54) is 45.4 Å². The third-order valence-corrected chi connectivity index (χ3v) is 36.7. The van der Waals surface area contributed by atoms with Crippen LogP contribution in [0.1, 0.15) is 217 Å². The molecule has 4 heterocycles. The van der Waals surface area contributed by atoms with Crippen molar-refractivity contribution in [3.8, 4) is 0 Å². The van der Waals surface area contributed by atoms with Crippen molar-refractivity contribution in [3.05, 3.63) is 0 Å². The summed E-state index contributed by atoms with van der Waals surface area (Å²) in [6, 6.07) is -1.20. The molecule has 0 aromatic heterocycles. The third-order valence-electron chi connectivity index (χ3n) is 34.1. The zero-order chi connectivity index (χ0) is 73.9. The Kier molecular flexibility index (Phi) is 18.9. The van der Waals surface area contributed by atoms with E-state index < -0.39 is 81.2 Å². The van der Waals surface area contributed by atoms with Crippen LogP contribution >= 0.6 is 0 Å². The molecule has 0 aromatic rings. The smallest absolute Gasteiger partial charge is 0.321 e. The highest BCUT2D eigenvalue weighted by molar-refractivity contribution is 7.88. The maximum absolute atomic E-state index is 12.9. The second kappa shape index (κ2) is 25.7. The summed E-state index contributed by atoms with van der Waals surface area (Å²) in [5, 5.41) is 44.2. The molecule has 103 heavy (non-hydrogen) atoms. The highest BCUT2D eigenvalue weighted by Gasteiger charge is 2.87. The predicted molar refractivity (Wildman–Crippen MR) is 382 cm³/mol. The number of morpholine rings is 2. The summed E-state index contributed by atoms with van der Waals surface area (Å²) in [5.74, 6) is 1.69. The molecule has 27 atom stereocenters. The first-order chi connectivity index (χ1) is 48.2. The van der Waals surface area contributed by atoms with Gasteiger partial charge in [0.15, 0.2) is 12.6 Å². The lowest BCUT2D eigenvalue weighted by Crippen LogP contribution is -2.60. The molecule has 22 nitrogen and oxygen atoms in total. The Morgan fingerprint density at radius 2 is 0.942 bits per heavy atom. The van der Waals surface area contributed by atoms with Crippen LogP contribution in [0, 0.1) is 113 Å². The van der Waals surface area contributed by atoms with E-state index in [2.05, 4.69) is 69.2 Å². The van der Waals surface area contributed by atoms with Gasteiger partial charge in [-0.25, -0.2) is 16.8 Å². The van der Waals surface area contributed by atoms with Gasteiger partial charge in [0, 0.05) is 49.9 Å². The van der Waals surface area contributed by atoms with Crippen LogP contribution in [-0.2, 0) is 67.6 Å². The number of fused-ring (bicyclic) bond motifs is 8. The van der Waals surface area contributed by atoms with Crippen LogP contribution in [0.3, 0.4) is 0 Å². The zero-order valence-electron chi connectivity index (χ0n) is 64.2. The third kappa shape index (κ3) is 11.7. The van der Waals surface area contributed by atoms with Crippen LogP contribution in [0.15, 0.2) is 0 Å². The van der Waals surface area contributed by atoms with E-state index in [9.17, 15) is 56.4 Å². The number of hydrogen-bond acceptors (Lipinski definition) is 16. The molecule has 582 valence electrons.